The topological polar surface area (TPSA) is 48.1 Å². The molecule has 0 aromatic carbocycles. The second-order valence-electron chi connectivity index (χ2n) is 2.64. The van der Waals surface area contributed by atoms with Gasteiger partial charge in [0.15, 0.2) is 0 Å². The quantitative estimate of drug-likeness (QED) is 0.728. The van der Waals surface area contributed by atoms with Crippen molar-refractivity contribution < 1.29 is 4.74 Å². The van der Waals surface area contributed by atoms with Crippen LogP contribution in [0, 0.1) is 0 Å². The Bertz CT molecular complexity index is 253. The van der Waals surface area contributed by atoms with Gasteiger partial charge in [-0.1, -0.05) is 0 Å². The van der Waals surface area contributed by atoms with Gasteiger partial charge in [0.25, 0.3) is 0 Å². The largest absolute Gasteiger partial charge is 0.489 e. The van der Waals surface area contributed by atoms with Crippen molar-refractivity contribution >= 4 is 11.9 Å². The molecule has 0 aliphatic carbocycles. The Balaban J connectivity index is 2.72. The monoisotopic (exact) mass is 184 g/mol. The first-order chi connectivity index (χ1) is 5.72. The number of ether oxygens (including phenoxy) is 1. The van der Waals surface area contributed by atoms with E-state index in [1.807, 2.05) is 19.9 Å². The van der Waals surface area contributed by atoms with Crippen LogP contribution in [0.3, 0.4) is 0 Å². The summed E-state index contributed by atoms with van der Waals surface area (Å²) in [5.41, 5.74) is 0. The van der Waals surface area contributed by atoms with Gasteiger partial charge in [0, 0.05) is 11.1 Å². The van der Waals surface area contributed by atoms with E-state index in [2.05, 4.69) is 4.98 Å². The molecule has 0 aliphatic rings. The second-order valence-corrected chi connectivity index (χ2v) is 3.35. The number of rotatable bonds is 3. The van der Waals surface area contributed by atoms with Crippen LogP contribution >= 0.6 is 11.9 Å². The number of nitrogens with two attached hydrogens (primary N) is 1. The first-order valence-electron chi connectivity index (χ1n) is 3.71. The van der Waals surface area contributed by atoms with E-state index in [0.717, 1.165) is 10.6 Å². The van der Waals surface area contributed by atoms with Gasteiger partial charge in [0.05, 0.1) is 12.3 Å². The summed E-state index contributed by atoms with van der Waals surface area (Å²) >= 11 is 1.17. The molecule has 3 nitrogen and oxygen atoms in total. The van der Waals surface area contributed by atoms with Gasteiger partial charge in [-0.3, -0.25) is 10.1 Å². The number of aromatic nitrogens is 1. The Hall–Kier alpha value is -0.740. The maximum Gasteiger partial charge on any atom is 0.139 e. The third-order valence-electron chi connectivity index (χ3n) is 1.20. The summed E-state index contributed by atoms with van der Waals surface area (Å²) in [6.45, 7) is 3.95. The first-order valence-corrected chi connectivity index (χ1v) is 4.59. The smallest absolute Gasteiger partial charge is 0.139 e. The van der Waals surface area contributed by atoms with E-state index in [1.54, 1.807) is 12.4 Å². The summed E-state index contributed by atoms with van der Waals surface area (Å²) in [5, 5.41) is 5.37. The second kappa shape index (κ2) is 4.33. The molecular formula is C8H12N2OS. The molecule has 0 spiro atoms. The summed E-state index contributed by atoms with van der Waals surface area (Å²) in [6.07, 6.45) is 3.56. The summed E-state index contributed by atoms with van der Waals surface area (Å²) in [4.78, 5) is 4.89. The molecule has 1 aromatic rings. The number of hydrogen-bond acceptors (Lipinski definition) is 4. The van der Waals surface area contributed by atoms with Crippen molar-refractivity contribution in [2.45, 2.75) is 24.8 Å². The first kappa shape index (κ1) is 9.35. The van der Waals surface area contributed by atoms with Gasteiger partial charge < -0.3 is 4.74 Å². The Labute approximate surface area is 76.5 Å². The van der Waals surface area contributed by atoms with Gasteiger partial charge in [-0.05, 0) is 31.9 Å². The van der Waals surface area contributed by atoms with Crippen LogP contribution in [-0.4, -0.2) is 11.1 Å². The summed E-state index contributed by atoms with van der Waals surface area (Å²) < 4.78 is 5.43. The molecule has 12 heavy (non-hydrogen) atoms. The number of pyridine rings is 1. The van der Waals surface area contributed by atoms with Crippen molar-refractivity contribution in [3.8, 4) is 5.75 Å². The van der Waals surface area contributed by atoms with Gasteiger partial charge >= 0.3 is 0 Å². The molecule has 0 saturated carbocycles. The summed E-state index contributed by atoms with van der Waals surface area (Å²) in [5.74, 6) is 0.764. The van der Waals surface area contributed by atoms with Crippen LogP contribution in [0.5, 0.6) is 5.75 Å². The fourth-order valence-electron chi connectivity index (χ4n) is 0.800. The van der Waals surface area contributed by atoms with Crippen molar-refractivity contribution in [1.29, 1.82) is 0 Å². The molecule has 0 aliphatic heterocycles. The van der Waals surface area contributed by atoms with Crippen molar-refractivity contribution in [2.24, 2.45) is 5.14 Å². The Morgan fingerprint density at radius 2 is 2.25 bits per heavy atom. The molecular weight excluding hydrogens is 172 g/mol. The number of nitrogens with zero attached hydrogens (tertiary/aromatic N) is 1. The van der Waals surface area contributed by atoms with Crippen molar-refractivity contribution in [3.63, 3.8) is 0 Å². The fraction of sp³-hybridized carbons (Fsp3) is 0.375. The van der Waals surface area contributed by atoms with E-state index < -0.39 is 0 Å². The molecule has 1 aromatic heterocycles. The zero-order valence-electron chi connectivity index (χ0n) is 7.15. The average molecular weight is 184 g/mol. The summed E-state index contributed by atoms with van der Waals surface area (Å²) in [7, 11) is 0. The van der Waals surface area contributed by atoms with Crippen molar-refractivity contribution in [1.82, 2.24) is 4.98 Å². The molecule has 0 fully saturated rings. The molecule has 0 saturated heterocycles. The molecule has 0 amide bonds. The third kappa shape index (κ3) is 2.71. The van der Waals surface area contributed by atoms with Crippen LogP contribution in [0.25, 0.3) is 0 Å². The van der Waals surface area contributed by atoms with Gasteiger partial charge in [0.2, 0.25) is 0 Å². The molecule has 0 radical (unpaired) electrons. The highest BCUT2D eigenvalue weighted by molar-refractivity contribution is 7.97. The van der Waals surface area contributed by atoms with Crippen molar-refractivity contribution in [3.05, 3.63) is 18.5 Å². The SMILES string of the molecule is CC(C)Oc1cncc(SN)c1. The predicted octanol–water partition coefficient (Wildman–Crippen LogP) is 1.83. The molecule has 1 heterocycles. The zero-order chi connectivity index (χ0) is 8.97. The van der Waals surface area contributed by atoms with E-state index in [4.69, 9.17) is 9.88 Å². The zero-order valence-corrected chi connectivity index (χ0v) is 7.97. The van der Waals surface area contributed by atoms with Crippen LogP contribution in [0.4, 0.5) is 0 Å². The molecule has 0 atom stereocenters. The molecule has 0 bridgehead atoms. The lowest BCUT2D eigenvalue weighted by molar-refractivity contribution is 0.241. The molecule has 2 N–H and O–H groups in total. The van der Waals surface area contributed by atoms with E-state index in [0.29, 0.717) is 0 Å². The highest BCUT2D eigenvalue weighted by Gasteiger charge is 1.98. The van der Waals surface area contributed by atoms with E-state index >= 15 is 0 Å². The minimum absolute atomic E-state index is 0.171. The Kier molecular flexibility index (Phi) is 3.37. The Morgan fingerprint density at radius 1 is 1.50 bits per heavy atom. The molecule has 0 unspecified atom stereocenters. The lowest BCUT2D eigenvalue weighted by Crippen LogP contribution is -2.05. The number of hydrogen-bond donors (Lipinski definition) is 1. The normalized spacial score (nSPS) is 10.3. The van der Waals surface area contributed by atoms with E-state index in [9.17, 15) is 0 Å². The average Bonchev–Trinajstić information content (AvgIpc) is 2.03. The van der Waals surface area contributed by atoms with Crippen LogP contribution in [0.2, 0.25) is 0 Å². The molecule has 4 heteroatoms. The van der Waals surface area contributed by atoms with Gasteiger partial charge in [-0.25, -0.2) is 0 Å². The lowest BCUT2D eigenvalue weighted by atomic mass is 10.4. The maximum absolute atomic E-state index is 5.43. The van der Waals surface area contributed by atoms with Crippen LogP contribution < -0.4 is 9.88 Å². The minimum atomic E-state index is 0.171. The van der Waals surface area contributed by atoms with Crippen LogP contribution in [0.15, 0.2) is 23.4 Å². The predicted molar refractivity (Wildman–Crippen MR) is 50.0 cm³/mol. The summed E-state index contributed by atoms with van der Waals surface area (Å²) in [6, 6.07) is 1.87. The van der Waals surface area contributed by atoms with Crippen LogP contribution in [0.1, 0.15) is 13.8 Å². The Morgan fingerprint density at radius 3 is 2.83 bits per heavy atom. The van der Waals surface area contributed by atoms with Gasteiger partial charge in [0.1, 0.15) is 5.75 Å². The van der Waals surface area contributed by atoms with Gasteiger partial charge in [-0.15, -0.1) is 0 Å². The van der Waals surface area contributed by atoms with Crippen molar-refractivity contribution in [2.75, 3.05) is 0 Å². The third-order valence-corrected chi connectivity index (χ3v) is 1.69. The maximum atomic E-state index is 5.43. The van der Waals surface area contributed by atoms with Gasteiger partial charge in [-0.2, -0.15) is 0 Å². The van der Waals surface area contributed by atoms with E-state index in [1.165, 1.54) is 11.9 Å². The van der Waals surface area contributed by atoms with Crippen LogP contribution in [-0.2, 0) is 0 Å². The lowest BCUT2D eigenvalue weighted by Gasteiger charge is -2.08. The molecule has 66 valence electrons. The van der Waals surface area contributed by atoms with E-state index in [-0.39, 0.29) is 6.10 Å². The molecule has 1 rings (SSSR count). The fourth-order valence-corrected chi connectivity index (χ4v) is 1.11. The minimum Gasteiger partial charge on any atom is -0.489 e. The highest BCUT2D eigenvalue weighted by Crippen LogP contribution is 2.17. The highest BCUT2D eigenvalue weighted by atomic mass is 32.2. The standard InChI is InChI=1S/C8H12N2OS/c1-6(2)11-7-3-8(12-9)5-10-4-7/h3-6H,9H2,1-2H3.